The van der Waals surface area contributed by atoms with Crippen molar-refractivity contribution >= 4 is 57.1 Å². The Morgan fingerprint density at radius 3 is 2.33 bits per heavy atom. The Kier molecular flexibility index (Phi) is 7.30. The highest BCUT2D eigenvalue weighted by Crippen LogP contribution is 2.39. The summed E-state index contributed by atoms with van der Waals surface area (Å²) in [4.78, 5) is 16.8. The zero-order chi connectivity index (χ0) is 27.6. The number of benzene rings is 4. The molecule has 5 aromatic rings. The molecular formula is C32H24Cl2N4OS. The van der Waals surface area contributed by atoms with Crippen molar-refractivity contribution in [2.24, 2.45) is 0 Å². The van der Waals surface area contributed by atoms with Crippen LogP contribution in [0.4, 0.5) is 0 Å². The predicted molar refractivity (Wildman–Crippen MR) is 168 cm³/mol. The normalized spacial score (nSPS) is 14.6. The fourth-order valence-corrected chi connectivity index (χ4v) is 5.67. The van der Waals surface area contributed by atoms with E-state index in [0.29, 0.717) is 38.5 Å². The molecule has 0 aliphatic carbocycles. The average molecular weight is 584 g/mol. The van der Waals surface area contributed by atoms with E-state index in [1.807, 2.05) is 108 Å². The van der Waals surface area contributed by atoms with Crippen molar-refractivity contribution in [2.75, 3.05) is 0 Å². The van der Waals surface area contributed by atoms with Crippen molar-refractivity contribution in [1.82, 2.24) is 20.7 Å². The zero-order valence-electron chi connectivity index (χ0n) is 21.2. The minimum absolute atomic E-state index is 0.227. The molecule has 1 aromatic heterocycles. The van der Waals surface area contributed by atoms with Crippen molar-refractivity contribution in [2.45, 2.75) is 12.6 Å². The number of nitrogens with zero attached hydrogens (tertiary/aromatic N) is 1. The van der Waals surface area contributed by atoms with Crippen molar-refractivity contribution in [3.63, 3.8) is 0 Å². The van der Waals surface area contributed by atoms with Crippen molar-refractivity contribution < 1.29 is 0 Å². The summed E-state index contributed by atoms with van der Waals surface area (Å²) >= 11 is 19.0. The smallest absolute Gasteiger partial charge is 0.258 e. The monoisotopic (exact) mass is 582 g/mol. The Morgan fingerprint density at radius 2 is 1.57 bits per heavy atom. The van der Waals surface area contributed by atoms with Gasteiger partial charge in [-0.1, -0.05) is 102 Å². The molecule has 6 rings (SSSR count). The van der Waals surface area contributed by atoms with Gasteiger partial charge in [-0.3, -0.25) is 15.2 Å². The first kappa shape index (κ1) is 26.1. The van der Waals surface area contributed by atoms with E-state index >= 15 is 0 Å². The van der Waals surface area contributed by atoms with Gasteiger partial charge in [0, 0.05) is 33.1 Å². The van der Waals surface area contributed by atoms with Gasteiger partial charge in [0.1, 0.15) is 0 Å². The standard InChI is InChI=1S/C32H24Cl2N4OS/c33-22-15-16-26-24(17-22)29(21-11-5-2-6-12-21)30(31(39)36-26)27-18-28(23-13-7-8-14-25(23)34)38(37-27)32(40)35-19-20-9-3-1-4-10-20/h1-18,28,37H,19H2,(H,35,40)(H,36,39)/t28-/m0/s1. The molecule has 198 valence electrons. The lowest BCUT2D eigenvalue weighted by Gasteiger charge is -2.29. The summed E-state index contributed by atoms with van der Waals surface area (Å²) in [5.74, 6) is 0. The lowest BCUT2D eigenvalue weighted by Crippen LogP contribution is -2.45. The third-order valence-electron chi connectivity index (χ3n) is 6.88. The average Bonchev–Trinajstić information content (AvgIpc) is 3.41. The van der Waals surface area contributed by atoms with Crippen LogP contribution in [0, 0.1) is 0 Å². The summed E-state index contributed by atoms with van der Waals surface area (Å²) in [6.07, 6.45) is 1.99. The molecule has 3 N–H and O–H groups in total. The third-order valence-corrected chi connectivity index (χ3v) is 7.80. The van der Waals surface area contributed by atoms with Gasteiger partial charge in [0.2, 0.25) is 0 Å². The number of hydrogen-bond donors (Lipinski definition) is 3. The maximum absolute atomic E-state index is 13.7. The second-order valence-electron chi connectivity index (χ2n) is 9.43. The number of fused-ring (bicyclic) bond motifs is 1. The van der Waals surface area contributed by atoms with Gasteiger partial charge in [0.25, 0.3) is 5.56 Å². The Hall–Kier alpha value is -4.10. The fourth-order valence-electron chi connectivity index (χ4n) is 5.01. The van der Waals surface area contributed by atoms with E-state index in [1.54, 1.807) is 6.07 Å². The summed E-state index contributed by atoms with van der Waals surface area (Å²) < 4.78 is 0. The van der Waals surface area contributed by atoms with E-state index < -0.39 is 0 Å². The van der Waals surface area contributed by atoms with Gasteiger partial charge in [-0.2, -0.15) is 0 Å². The predicted octanol–water partition coefficient (Wildman–Crippen LogP) is 7.48. The number of halogens is 2. The molecule has 0 bridgehead atoms. The summed E-state index contributed by atoms with van der Waals surface area (Å²) in [6.45, 7) is 0.548. The van der Waals surface area contributed by atoms with Crippen LogP contribution in [0.1, 0.15) is 22.7 Å². The number of nitrogens with one attached hydrogen (secondary N) is 3. The second kappa shape index (κ2) is 11.2. The first-order chi connectivity index (χ1) is 19.5. The van der Waals surface area contributed by atoms with Crippen LogP contribution in [-0.2, 0) is 6.54 Å². The topological polar surface area (TPSA) is 60.2 Å². The van der Waals surface area contributed by atoms with Gasteiger partial charge in [-0.05, 0) is 59.2 Å². The highest BCUT2D eigenvalue weighted by atomic mass is 35.5. The molecule has 5 nitrogen and oxygen atoms in total. The number of thiocarbonyl (C=S) groups is 1. The van der Waals surface area contributed by atoms with Gasteiger partial charge < -0.3 is 10.3 Å². The third kappa shape index (κ3) is 5.09. The first-order valence-electron chi connectivity index (χ1n) is 12.7. The van der Waals surface area contributed by atoms with Gasteiger partial charge in [0.15, 0.2) is 5.11 Å². The first-order valence-corrected chi connectivity index (χ1v) is 13.9. The number of aromatic nitrogens is 1. The zero-order valence-corrected chi connectivity index (χ0v) is 23.5. The van der Waals surface area contributed by atoms with Crippen molar-refractivity contribution in [3.8, 4) is 11.1 Å². The molecule has 0 unspecified atom stereocenters. The maximum Gasteiger partial charge on any atom is 0.258 e. The maximum atomic E-state index is 13.7. The Labute approximate surface area is 247 Å². The summed E-state index contributed by atoms with van der Waals surface area (Å²) in [7, 11) is 0. The van der Waals surface area contributed by atoms with E-state index in [1.165, 1.54) is 0 Å². The summed E-state index contributed by atoms with van der Waals surface area (Å²) in [5.41, 5.74) is 8.66. The molecule has 0 amide bonds. The molecule has 0 fully saturated rings. The van der Waals surface area contributed by atoms with Gasteiger partial charge >= 0.3 is 0 Å². The van der Waals surface area contributed by atoms with Crippen LogP contribution in [0.3, 0.4) is 0 Å². The van der Waals surface area contributed by atoms with Crippen LogP contribution in [0.25, 0.3) is 27.7 Å². The quantitative estimate of drug-likeness (QED) is 0.187. The Balaban J connectivity index is 1.48. The second-order valence-corrected chi connectivity index (χ2v) is 10.7. The van der Waals surface area contributed by atoms with E-state index in [0.717, 1.165) is 27.6 Å². The van der Waals surface area contributed by atoms with Crippen LogP contribution in [0.15, 0.2) is 114 Å². The molecule has 40 heavy (non-hydrogen) atoms. The van der Waals surface area contributed by atoms with E-state index in [-0.39, 0.29) is 11.6 Å². The molecule has 2 heterocycles. The number of aromatic amines is 1. The van der Waals surface area contributed by atoms with Crippen LogP contribution in [0.2, 0.25) is 10.0 Å². The van der Waals surface area contributed by atoms with Gasteiger partial charge in [-0.15, -0.1) is 0 Å². The molecule has 1 aliphatic rings. The highest BCUT2D eigenvalue weighted by molar-refractivity contribution is 7.80. The van der Waals surface area contributed by atoms with Crippen molar-refractivity contribution in [1.29, 1.82) is 0 Å². The number of pyridine rings is 1. The molecule has 8 heteroatoms. The lowest BCUT2D eigenvalue weighted by atomic mass is 9.94. The summed E-state index contributed by atoms with van der Waals surface area (Å²) in [5, 5.41) is 7.68. The van der Waals surface area contributed by atoms with Crippen LogP contribution < -0.4 is 16.3 Å². The minimum atomic E-state index is -0.363. The summed E-state index contributed by atoms with van der Waals surface area (Å²) in [6, 6.07) is 32.6. The van der Waals surface area contributed by atoms with Crippen LogP contribution >= 0.6 is 35.4 Å². The molecule has 0 radical (unpaired) electrons. The molecule has 4 aromatic carbocycles. The molecule has 0 saturated heterocycles. The Morgan fingerprint density at radius 1 is 0.875 bits per heavy atom. The minimum Gasteiger partial charge on any atom is -0.357 e. The molecule has 0 spiro atoms. The van der Waals surface area contributed by atoms with Crippen LogP contribution in [-0.4, -0.2) is 15.1 Å². The van der Waals surface area contributed by atoms with Crippen LogP contribution in [0.5, 0.6) is 0 Å². The van der Waals surface area contributed by atoms with E-state index in [9.17, 15) is 4.79 Å². The van der Waals surface area contributed by atoms with Crippen molar-refractivity contribution in [3.05, 3.63) is 146 Å². The van der Waals surface area contributed by atoms with Gasteiger partial charge in [-0.25, -0.2) is 0 Å². The molecule has 1 atom stereocenters. The number of hydrogen-bond acceptors (Lipinski definition) is 3. The lowest BCUT2D eigenvalue weighted by molar-refractivity contribution is 0.337. The fraction of sp³-hybridized carbons (Fsp3) is 0.0625. The molecule has 1 aliphatic heterocycles. The number of rotatable bonds is 5. The number of H-pyrrole nitrogens is 1. The highest BCUT2D eigenvalue weighted by Gasteiger charge is 2.32. The number of hydrazine groups is 1. The van der Waals surface area contributed by atoms with E-state index in [2.05, 4.69) is 15.7 Å². The molecule has 0 saturated carbocycles. The molecular weight excluding hydrogens is 559 g/mol. The SMILES string of the molecule is O=c1[nH]c2ccc(Cl)cc2c(-c2ccccc2)c1C1=C[C@@H](c2ccccc2Cl)N(C(=S)NCc2ccccc2)N1. The van der Waals surface area contributed by atoms with E-state index in [4.69, 9.17) is 35.4 Å². The Bertz CT molecular complexity index is 1810. The van der Waals surface area contributed by atoms with Gasteiger partial charge in [0.05, 0.1) is 17.3 Å². The largest absolute Gasteiger partial charge is 0.357 e.